The quantitative estimate of drug-likeness (QED) is 0.255. The average molecular weight is 482 g/mol. The van der Waals surface area contributed by atoms with Crippen LogP contribution in [0, 0.1) is 0 Å². The Morgan fingerprint density at radius 2 is 1.36 bits per heavy atom. The smallest absolute Gasteiger partial charge is 0.248 e. The molecule has 0 aromatic heterocycles. The maximum Gasteiger partial charge on any atom is 0.248 e. The number of para-hydroxylation sites is 1. The fourth-order valence-electron chi connectivity index (χ4n) is 3.46. The van der Waals surface area contributed by atoms with Gasteiger partial charge in [-0.2, -0.15) is 0 Å². The second-order valence-electron chi connectivity index (χ2n) is 7.79. The highest BCUT2D eigenvalue weighted by molar-refractivity contribution is 6.02. The number of ether oxygens (including phenoxy) is 4. The third-order valence-electron chi connectivity index (χ3n) is 5.24. The minimum atomic E-state index is -0.269. The number of rotatable bonds is 10. The third kappa shape index (κ3) is 6.67. The molecular formula is C30H27NO5. The molecule has 6 heteroatoms. The lowest BCUT2D eigenvalue weighted by Crippen LogP contribution is -2.07. The van der Waals surface area contributed by atoms with E-state index in [4.69, 9.17) is 18.9 Å². The van der Waals surface area contributed by atoms with Crippen LogP contribution in [0.1, 0.15) is 11.1 Å². The summed E-state index contributed by atoms with van der Waals surface area (Å²) < 4.78 is 22.8. The first kappa shape index (κ1) is 24.4. The van der Waals surface area contributed by atoms with E-state index in [-0.39, 0.29) is 5.91 Å². The van der Waals surface area contributed by atoms with Gasteiger partial charge in [0.1, 0.15) is 18.1 Å². The molecule has 182 valence electrons. The van der Waals surface area contributed by atoms with Crippen LogP contribution in [0.25, 0.3) is 6.08 Å². The Morgan fingerprint density at radius 1 is 0.778 bits per heavy atom. The second-order valence-corrected chi connectivity index (χ2v) is 7.79. The Hall–Kier alpha value is -4.71. The van der Waals surface area contributed by atoms with Crippen molar-refractivity contribution in [1.29, 1.82) is 0 Å². The number of hydrogen-bond donors (Lipinski definition) is 1. The van der Waals surface area contributed by atoms with Crippen LogP contribution in [0.15, 0.2) is 103 Å². The first-order chi connectivity index (χ1) is 17.6. The molecule has 4 aromatic carbocycles. The first-order valence-electron chi connectivity index (χ1n) is 11.4. The summed E-state index contributed by atoms with van der Waals surface area (Å²) in [7, 11) is 3.13. The Balaban J connectivity index is 1.40. The van der Waals surface area contributed by atoms with Crippen molar-refractivity contribution in [3.8, 4) is 28.7 Å². The summed E-state index contributed by atoms with van der Waals surface area (Å²) in [6.07, 6.45) is 3.14. The van der Waals surface area contributed by atoms with Gasteiger partial charge in [0.25, 0.3) is 0 Å². The molecule has 1 N–H and O–H groups in total. The minimum Gasteiger partial charge on any atom is -0.493 e. The predicted molar refractivity (Wildman–Crippen MR) is 141 cm³/mol. The standard InChI is InChI=1S/C30H27NO5/c1-33-27-19-23(20-28(34-2)30(27)35-21-22-9-5-3-6-10-22)13-18-29(32)31-24-14-16-26(17-15-24)36-25-11-7-4-8-12-25/h3-20H,21H2,1-2H3,(H,31,32). The molecule has 0 aliphatic carbocycles. The van der Waals surface area contributed by atoms with Crippen molar-refractivity contribution in [2.24, 2.45) is 0 Å². The fourth-order valence-corrected chi connectivity index (χ4v) is 3.46. The van der Waals surface area contributed by atoms with E-state index in [0.717, 1.165) is 16.9 Å². The molecule has 0 heterocycles. The van der Waals surface area contributed by atoms with Gasteiger partial charge in [0.2, 0.25) is 11.7 Å². The number of nitrogens with one attached hydrogen (secondary N) is 1. The van der Waals surface area contributed by atoms with Crippen molar-refractivity contribution in [3.05, 3.63) is 114 Å². The molecule has 0 spiro atoms. The van der Waals surface area contributed by atoms with Gasteiger partial charge in [0, 0.05) is 11.8 Å². The largest absolute Gasteiger partial charge is 0.493 e. The van der Waals surface area contributed by atoms with Crippen molar-refractivity contribution >= 4 is 17.7 Å². The summed E-state index contributed by atoms with van der Waals surface area (Å²) in [5.74, 6) is 2.69. The second kappa shape index (κ2) is 12.1. The van der Waals surface area contributed by atoms with E-state index < -0.39 is 0 Å². The zero-order valence-electron chi connectivity index (χ0n) is 20.1. The van der Waals surface area contributed by atoms with Crippen molar-refractivity contribution in [2.45, 2.75) is 6.61 Å². The Bertz CT molecular complexity index is 1280. The highest BCUT2D eigenvalue weighted by Crippen LogP contribution is 2.39. The van der Waals surface area contributed by atoms with Crippen LogP contribution >= 0.6 is 0 Å². The molecule has 0 aliphatic rings. The SMILES string of the molecule is COc1cc(C=CC(=O)Nc2ccc(Oc3ccccc3)cc2)cc(OC)c1OCc1ccccc1. The van der Waals surface area contributed by atoms with Gasteiger partial charge in [-0.05, 0) is 65.7 Å². The molecule has 0 saturated heterocycles. The van der Waals surface area contributed by atoms with E-state index in [2.05, 4.69) is 5.32 Å². The van der Waals surface area contributed by atoms with E-state index >= 15 is 0 Å². The van der Waals surface area contributed by atoms with Gasteiger partial charge in [-0.15, -0.1) is 0 Å². The topological polar surface area (TPSA) is 66.0 Å². The van der Waals surface area contributed by atoms with Crippen molar-refractivity contribution in [2.75, 3.05) is 19.5 Å². The Morgan fingerprint density at radius 3 is 1.97 bits per heavy atom. The lowest BCUT2D eigenvalue weighted by molar-refractivity contribution is -0.111. The van der Waals surface area contributed by atoms with Crippen LogP contribution in [0.4, 0.5) is 5.69 Å². The zero-order valence-corrected chi connectivity index (χ0v) is 20.1. The van der Waals surface area contributed by atoms with Crippen LogP contribution < -0.4 is 24.3 Å². The lowest BCUT2D eigenvalue weighted by atomic mass is 10.1. The summed E-state index contributed by atoms with van der Waals surface area (Å²) in [5, 5.41) is 2.84. The number of hydrogen-bond acceptors (Lipinski definition) is 5. The third-order valence-corrected chi connectivity index (χ3v) is 5.24. The van der Waals surface area contributed by atoms with Crippen LogP contribution in [0.5, 0.6) is 28.7 Å². The molecule has 0 radical (unpaired) electrons. The maximum absolute atomic E-state index is 12.5. The molecule has 0 unspecified atom stereocenters. The van der Waals surface area contributed by atoms with Crippen molar-refractivity contribution in [1.82, 2.24) is 0 Å². The summed E-state index contributed by atoms with van der Waals surface area (Å²) in [6.45, 7) is 0.375. The predicted octanol–water partition coefficient (Wildman–Crippen LogP) is 6.73. The Kier molecular flexibility index (Phi) is 8.22. The highest BCUT2D eigenvalue weighted by Gasteiger charge is 2.14. The summed E-state index contributed by atoms with van der Waals surface area (Å²) in [6, 6.07) is 30.1. The van der Waals surface area contributed by atoms with Crippen LogP contribution in [-0.4, -0.2) is 20.1 Å². The molecule has 1 amide bonds. The number of anilines is 1. The van der Waals surface area contributed by atoms with Crippen LogP contribution in [-0.2, 0) is 11.4 Å². The summed E-state index contributed by atoms with van der Waals surface area (Å²) in [4.78, 5) is 12.5. The number of carbonyl (C=O) groups excluding carboxylic acids is 1. The number of amides is 1. The van der Waals surface area contributed by atoms with Crippen molar-refractivity contribution in [3.63, 3.8) is 0 Å². The Labute approximate surface area is 210 Å². The van der Waals surface area contributed by atoms with Gasteiger partial charge in [-0.1, -0.05) is 48.5 Å². The maximum atomic E-state index is 12.5. The molecule has 0 aliphatic heterocycles. The molecule has 4 aromatic rings. The fraction of sp³-hybridized carbons (Fsp3) is 0.100. The molecule has 0 atom stereocenters. The van der Waals surface area contributed by atoms with Gasteiger partial charge in [0.15, 0.2) is 11.5 Å². The molecule has 36 heavy (non-hydrogen) atoms. The molecule has 6 nitrogen and oxygen atoms in total. The van der Waals surface area contributed by atoms with E-state index in [0.29, 0.717) is 35.3 Å². The summed E-state index contributed by atoms with van der Waals surface area (Å²) in [5.41, 5.74) is 2.42. The average Bonchev–Trinajstić information content (AvgIpc) is 2.92. The normalized spacial score (nSPS) is 10.6. The molecule has 0 saturated carbocycles. The van der Waals surface area contributed by atoms with E-state index in [1.54, 1.807) is 56.7 Å². The monoisotopic (exact) mass is 481 g/mol. The molecule has 0 bridgehead atoms. The zero-order chi connectivity index (χ0) is 25.2. The van der Waals surface area contributed by atoms with Crippen LogP contribution in [0.3, 0.4) is 0 Å². The summed E-state index contributed by atoms with van der Waals surface area (Å²) >= 11 is 0. The lowest BCUT2D eigenvalue weighted by Gasteiger charge is -2.15. The van der Waals surface area contributed by atoms with Gasteiger partial charge in [-0.3, -0.25) is 4.79 Å². The van der Waals surface area contributed by atoms with Gasteiger partial charge in [-0.25, -0.2) is 0 Å². The van der Waals surface area contributed by atoms with Crippen LogP contribution in [0.2, 0.25) is 0 Å². The van der Waals surface area contributed by atoms with E-state index in [1.165, 1.54) is 6.08 Å². The van der Waals surface area contributed by atoms with E-state index in [1.807, 2.05) is 60.7 Å². The minimum absolute atomic E-state index is 0.269. The molecule has 4 rings (SSSR count). The van der Waals surface area contributed by atoms with Crippen molar-refractivity contribution < 1.29 is 23.7 Å². The molecule has 0 fully saturated rings. The number of benzene rings is 4. The molecular weight excluding hydrogens is 454 g/mol. The van der Waals surface area contributed by atoms with Gasteiger partial charge < -0.3 is 24.3 Å². The number of carbonyl (C=O) groups is 1. The van der Waals surface area contributed by atoms with E-state index in [9.17, 15) is 4.79 Å². The van der Waals surface area contributed by atoms with Gasteiger partial charge in [0.05, 0.1) is 14.2 Å². The number of methoxy groups -OCH3 is 2. The first-order valence-corrected chi connectivity index (χ1v) is 11.4. The highest BCUT2D eigenvalue weighted by atomic mass is 16.5. The van der Waals surface area contributed by atoms with Gasteiger partial charge >= 0.3 is 0 Å².